The normalized spacial score (nSPS) is 10.3. The van der Waals surface area contributed by atoms with E-state index in [1.807, 2.05) is 0 Å². The Bertz CT molecular complexity index is 614. The predicted octanol–water partition coefficient (Wildman–Crippen LogP) is 4.08. The Morgan fingerprint density at radius 3 is 2.68 bits per heavy atom. The van der Waals surface area contributed by atoms with E-state index in [0.717, 1.165) is 0 Å². The zero-order chi connectivity index (χ0) is 13.8. The summed E-state index contributed by atoms with van der Waals surface area (Å²) in [5.74, 6) is -1.86. The molecule has 0 saturated carbocycles. The van der Waals surface area contributed by atoms with Gasteiger partial charge in [-0.3, -0.25) is 0 Å². The van der Waals surface area contributed by atoms with Crippen LogP contribution in [0, 0.1) is 11.6 Å². The molecule has 19 heavy (non-hydrogen) atoms. The van der Waals surface area contributed by atoms with Crippen molar-refractivity contribution in [2.24, 2.45) is 0 Å². The molecule has 0 aromatic heterocycles. The van der Waals surface area contributed by atoms with Crippen molar-refractivity contribution >= 4 is 21.9 Å². The van der Waals surface area contributed by atoms with Gasteiger partial charge >= 0.3 is 5.97 Å². The summed E-state index contributed by atoms with van der Waals surface area (Å²) < 4.78 is 31.9. The van der Waals surface area contributed by atoms with Gasteiger partial charge < -0.3 is 4.74 Å². The average Bonchev–Trinajstić information content (AvgIpc) is 2.39. The van der Waals surface area contributed by atoms with Crippen LogP contribution >= 0.6 is 15.9 Å². The maximum Gasteiger partial charge on any atom is 0.341 e. The van der Waals surface area contributed by atoms with E-state index >= 15 is 0 Å². The minimum atomic E-state index is -0.789. The van der Waals surface area contributed by atoms with Crippen molar-refractivity contribution in [3.8, 4) is 0 Å². The number of ether oxygens (including phenoxy) is 1. The quantitative estimate of drug-likeness (QED) is 0.794. The lowest BCUT2D eigenvalue weighted by Crippen LogP contribution is -2.07. The van der Waals surface area contributed by atoms with Gasteiger partial charge in [-0.25, -0.2) is 13.6 Å². The van der Waals surface area contributed by atoms with Gasteiger partial charge in [-0.2, -0.15) is 0 Å². The van der Waals surface area contributed by atoms with Gasteiger partial charge in [0.05, 0.1) is 5.56 Å². The lowest BCUT2D eigenvalue weighted by molar-refractivity contribution is 0.0467. The second kappa shape index (κ2) is 5.93. The van der Waals surface area contributed by atoms with E-state index in [1.165, 1.54) is 36.4 Å². The molecule has 0 radical (unpaired) electrons. The van der Waals surface area contributed by atoms with Gasteiger partial charge in [-0.1, -0.05) is 28.1 Å². The predicted molar refractivity (Wildman–Crippen MR) is 69.6 cm³/mol. The van der Waals surface area contributed by atoms with Crippen molar-refractivity contribution in [3.63, 3.8) is 0 Å². The molecule has 0 bridgehead atoms. The fourth-order valence-corrected chi connectivity index (χ4v) is 1.87. The molecule has 5 heteroatoms. The van der Waals surface area contributed by atoms with Crippen molar-refractivity contribution in [3.05, 3.63) is 69.7 Å². The Morgan fingerprint density at radius 2 is 1.95 bits per heavy atom. The number of halogens is 3. The number of carbonyl (C=O) groups is 1. The molecule has 0 aliphatic carbocycles. The average molecular weight is 327 g/mol. The van der Waals surface area contributed by atoms with Gasteiger partial charge in [-0.15, -0.1) is 0 Å². The lowest BCUT2D eigenvalue weighted by Gasteiger charge is -2.06. The minimum Gasteiger partial charge on any atom is -0.457 e. The van der Waals surface area contributed by atoms with Crippen molar-refractivity contribution in [2.45, 2.75) is 6.61 Å². The van der Waals surface area contributed by atoms with Crippen LogP contribution in [0.4, 0.5) is 8.78 Å². The van der Waals surface area contributed by atoms with E-state index in [-0.39, 0.29) is 12.2 Å². The van der Waals surface area contributed by atoms with Gasteiger partial charge in [-0.05, 0) is 35.9 Å². The summed E-state index contributed by atoms with van der Waals surface area (Å²) in [6, 6.07) is 9.67. The molecule has 0 unspecified atom stereocenters. The Labute approximate surface area is 117 Å². The van der Waals surface area contributed by atoms with Crippen LogP contribution in [0.1, 0.15) is 15.9 Å². The second-order valence-electron chi connectivity index (χ2n) is 3.83. The summed E-state index contributed by atoms with van der Waals surface area (Å²) >= 11 is 3.15. The number of benzene rings is 2. The van der Waals surface area contributed by atoms with Crippen molar-refractivity contribution < 1.29 is 18.3 Å². The molecule has 0 aliphatic rings. The molecule has 0 spiro atoms. The molecule has 98 valence electrons. The van der Waals surface area contributed by atoms with E-state index in [9.17, 15) is 13.6 Å². The Morgan fingerprint density at radius 1 is 1.16 bits per heavy atom. The first-order chi connectivity index (χ1) is 9.06. The molecule has 2 aromatic carbocycles. The summed E-state index contributed by atoms with van der Waals surface area (Å²) in [5.41, 5.74) is 0.342. The van der Waals surface area contributed by atoms with Gasteiger partial charge in [0.25, 0.3) is 0 Å². The summed E-state index contributed by atoms with van der Waals surface area (Å²) in [6.45, 7) is -0.109. The Kier molecular flexibility index (Phi) is 4.27. The summed E-state index contributed by atoms with van der Waals surface area (Å²) in [7, 11) is 0. The van der Waals surface area contributed by atoms with Crippen LogP contribution in [0.3, 0.4) is 0 Å². The molecule has 0 heterocycles. The van der Waals surface area contributed by atoms with Crippen LogP contribution < -0.4 is 0 Å². The molecular weight excluding hydrogens is 318 g/mol. The molecule has 0 saturated heterocycles. The maximum atomic E-state index is 13.4. The highest BCUT2D eigenvalue weighted by molar-refractivity contribution is 9.10. The molecule has 0 amide bonds. The fourth-order valence-electron chi connectivity index (χ4n) is 1.51. The highest BCUT2D eigenvalue weighted by Crippen LogP contribution is 2.17. The van der Waals surface area contributed by atoms with Crippen LogP contribution in [-0.4, -0.2) is 5.97 Å². The molecule has 0 fully saturated rings. The van der Waals surface area contributed by atoms with E-state index in [2.05, 4.69) is 15.9 Å². The van der Waals surface area contributed by atoms with E-state index < -0.39 is 17.6 Å². The number of rotatable bonds is 3. The number of hydrogen-bond donors (Lipinski definition) is 0. The first-order valence-corrected chi connectivity index (χ1v) is 6.22. The van der Waals surface area contributed by atoms with Crippen LogP contribution in [0.5, 0.6) is 0 Å². The van der Waals surface area contributed by atoms with Gasteiger partial charge in [0, 0.05) is 4.47 Å². The number of hydrogen-bond acceptors (Lipinski definition) is 2. The van der Waals surface area contributed by atoms with E-state index in [4.69, 9.17) is 4.74 Å². The van der Waals surface area contributed by atoms with Gasteiger partial charge in [0.2, 0.25) is 0 Å². The lowest BCUT2D eigenvalue weighted by atomic mass is 10.2. The summed E-state index contributed by atoms with van der Waals surface area (Å²) in [4.78, 5) is 11.7. The minimum absolute atomic E-state index is 0.109. The third-order valence-corrected chi connectivity index (χ3v) is 2.90. The second-order valence-corrected chi connectivity index (χ2v) is 4.75. The number of carbonyl (C=O) groups excluding carboxylic acids is 1. The first-order valence-electron chi connectivity index (χ1n) is 5.43. The summed E-state index contributed by atoms with van der Waals surface area (Å²) in [6.07, 6.45) is 0. The third kappa shape index (κ3) is 3.61. The largest absolute Gasteiger partial charge is 0.457 e. The van der Waals surface area contributed by atoms with Crippen molar-refractivity contribution in [2.75, 3.05) is 0 Å². The maximum absolute atomic E-state index is 13.4. The monoisotopic (exact) mass is 326 g/mol. The fraction of sp³-hybridized carbons (Fsp3) is 0.0714. The third-order valence-electron chi connectivity index (χ3n) is 2.41. The first kappa shape index (κ1) is 13.7. The summed E-state index contributed by atoms with van der Waals surface area (Å²) in [5, 5.41) is 0. The van der Waals surface area contributed by atoms with Crippen molar-refractivity contribution in [1.29, 1.82) is 0 Å². The zero-order valence-corrected chi connectivity index (χ0v) is 11.3. The molecule has 0 atom stereocenters. The SMILES string of the molecule is O=C(OCc1cccc(F)c1)c1cc(Br)ccc1F. The van der Waals surface area contributed by atoms with Crippen LogP contribution in [0.2, 0.25) is 0 Å². The van der Waals surface area contributed by atoms with Crippen LogP contribution in [0.25, 0.3) is 0 Å². The van der Waals surface area contributed by atoms with Gasteiger partial charge in [0.15, 0.2) is 0 Å². The molecule has 0 aliphatic heterocycles. The highest BCUT2D eigenvalue weighted by atomic mass is 79.9. The number of esters is 1. The zero-order valence-electron chi connectivity index (χ0n) is 9.70. The van der Waals surface area contributed by atoms with Crippen LogP contribution in [0.15, 0.2) is 46.9 Å². The van der Waals surface area contributed by atoms with Crippen molar-refractivity contribution in [1.82, 2.24) is 0 Å². The molecule has 0 N–H and O–H groups in total. The van der Waals surface area contributed by atoms with E-state index in [1.54, 1.807) is 6.07 Å². The Hall–Kier alpha value is -1.75. The Balaban J connectivity index is 2.07. The highest BCUT2D eigenvalue weighted by Gasteiger charge is 2.13. The smallest absolute Gasteiger partial charge is 0.341 e. The van der Waals surface area contributed by atoms with E-state index in [0.29, 0.717) is 10.0 Å². The molecule has 2 rings (SSSR count). The standard InChI is InChI=1S/C14H9BrF2O2/c15-10-4-5-13(17)12(7-10)14(18)19-8-9-2-1-3-11(16)6-9/h1-7H,8H2. The van der Waals surface area contributed by atoms with Gasteiger partial charge in [0.1, 0.15) is 18.2 Å². The van der Waals surface area contributed by atoms with Crippen LogP contribution in [-0.2, 0) is 11.3 Å². The molecular formula is C14H9BrF2O2. The topological polar surface area (TPSA) is 26.3 Å². The molecule has 2 nitrogen and oxygen atoms in total. The molecule has 2 aromatic rings.